The second kappa shape index (κ2) is 9.41. The molecule has 3 rings (SSSR count). The molecule has 0 saturated heterocycles. The Morgan fingerprint density at radius 2 is 1.79 bits per heavy atom. The molecule has 1 heterocycles. The summed E-state index contributed by atoms with van der Waals surface area (Å²) in [5.41, 5.74) is 0.204. The van der Waals surface area contributed by atoms with Crippen LogP contribution < -0.4 is 25.1 Å². The van der Waals surface area contributed by atoms with E-state index in [9.17, 15) is 9.59 Å². The first-order valence-corrected chi connectivity index (χ1v) is 8.90. The highest BCUT2D eigenvalue weighted by Crippen LogP contribution is 2.29. The maximum Gasteiger partial charge on any atom is 0.276 e. The Bertz CT molecular complexity index is 1030. The number of nitrogens with zero attached hydrogens (tertiary/aromatic N) is 2. The molecular formula is C21H21N3O5. The third-order valence-corrected chi connectivity index (χ3v) is 4.07. The van der Waals surface area contributed by atoms with Gasteiger partial charge in [0.2, 0.25) is 0 Å². The van der Waals surface area contributed by atoms with Gasteiger partial charge < -0.3 is 19.5 Å². The fraction of sp³-hybridized carbons (Fsp3) is 0.190. The number of nitrogens with one attached hydrogen (secondary N) is 1. The predicted octanol–water partition coefficient (Wildman–Crippen LogP) is 2.59. The standard InChI is InChI=1S/C21H21N3O5/c1-27-16-8-10-19(28-2)18(14-16)22-21(26)17-9-11-20(25)24(23-17)12-13-29-15-6-4-3-5-7-15/h3-11,14H,12-13H2,1-2H3,(H,22,26). The maximum absolute atomic E-state index is 12.6. The van der Waals surface area contributed by atoms with Crippen LogP contribution in [0.4, 0.5) is 5.69 Å². The molecule has 1 amide bonds. The lowest BCUT2D eigenvalue weighted by molar-refractivity contribution is 0.101. The Hall–Kier alpha value is -3.81. The van der Waals surface area contributed by atoms with Crippen LogP contribution in [0.5, 0.6) is 17.2 Å². The van der Waals surface area contributed by atoms with E-state index in [4.69, 9.17) is 14.2 Å². The average Bonchev–Trinajstić information content (AvgIpc) is 2.75. The van der Waals surface area contributed by atoms with E-state index < -0.39 is 5.91 Å². The van der Waals surface area contributed by atoms with Crippen LogP contribution in [0.2, 0.25) is 0 Å². The summed E-state index contributed by atoms with van der Waals surface area (Å²) in [4.78, 5) is 24.7. The molecular weight excluding hydrogens is 374 g/mol. The highest BCUT2D eigenvalue weighted by atomic mass is 16.5. The first-order valence-electron chi connectivity index (χ1n) is 8.90. The van der Waals surface area contributed by atoms with Crippen LogP contribution >= 0.6 is 0 Å². The molecule has 3 aromatic rings. The summed E-state index contributed by atoms with van der Waals surface area (Å²) in [5.74, 6) is 1.26. The highest BCUT2D eigenvalue weighted by molar-refractivity contribution is 6.03. The van der Waals surface area contributed by atoms with Crippen molar-refractivity contribution in [2.75, 3.05) is 26.1 Å². The van der Waals surface area contributed by atoms with Crippen molar-refractivity contribution in [3.8, 4) is 17.2 Å². The number of anilines is 1. The molecule has 0 spiro atoms. The van der Waals surface area contributed by atoms with Gasteiger partial charge in [0.25, 0.3) is 11.5 Å². The SMILES string of the molecule is COc1ccc(OC)c(NC(=O)c2ccc(=O)n(CCOc3ccccc3)n2)c1. The minimum atomic E-state index is -0.478. The minimum Gasteiger partial charge on any atom is -0.497 e. The lowest BCUT2D eigenvalue weighted by Gasteiger charge is -2.12. The van der Waals surface area contributed by atoms with Gasteiger partial charge in [-0.15, -0.1) is 0 Å². The van der Waals surface area contributed by atoms with Gasteiger partial charge >= 0.3 is 0 Å². The molecule has 1 N–H and O–H groups in total. The van der Waals surface area contributed by atoms with E-state index in [0.717, 1.165) is 0 Å². The van der Waals surface area contributed by atoms with Crippen LogP contribution in [0.15, 0.2) is 65.5 Å². The third-order valence-electron chi connectivity index (χ3n) is 4.07. The number of aromatic nitrogens is 2. The van der Waals surface area contributed by atoms with Crippen molar-refractivity contribution in [2.45, 2.75) is 6.54 Å². The summed E-state index contributed by atoms with van der Waals surface area (Å²) in [7, 11) is 3.03. The number of methoxy groups -OCH3 is 2. The molecule has 1 aromatic heterocycles. The molecule has 0 aliphatic carbocycles. The van der Waals surface area contributed by atoms with Gasteiger partial charge in [0.05, 0.1) is 26.5 Å². The summed E-state index contributed by atoms with van der Waals surface area (Å²) in [6.07, 6.45) is 0. The number of hydrogen-bond donors (Lipinski definition) is 1. The molecule has 150 valence electrons. The molecule has 0 bridgehead atoms. The van der Waals surface area contributed by atoms with Gasteiger partial charge in [0, 0.05) is 12.1 Å². The summed E-state index contributed by atoms with van der Waals surface area (Å²) in [6, 6.07) is 17.0. The average molecular weight is 395 g/mol. The van der Waals surface area contributed by atoms with E-state index in [1.165, 1.54) is 31.0 Å². The zero-order valence-electron chi connectivity index (χ0n) is 16.1. The van der Waals surface area contributed by atoms with Gasteiger partial charge in [-0.3, -0.25) is 9.59 Å². The summed E-state index contributed by atoms with van der Waals surface area (Å²) < 4.78 is 17.2. The topological polar surface area (TPSA) is 91.7 Å². The van der Waals surface area contributed by atoms with E-state index in [1.807, 2.05) is 30.3 Å². The van der Waals surface area contributed by atoms with E-state index in [-0.39, 0.29) is 24.4 Å². The van der Waals surface area contributed by atoms with E-state index in [1.54, 1.807) is 18.2 Å². The minimum absolute atomic E-state index is 0.0918. The van der Waals surface area contributed by atoms with E-state index >= 15 is 0 Å². The van der Waals surface area contributed by atoms with Crippen molar-refractivity contribution in [3.63, 3.8) is 0 Å². The summed E-state index contributed by atoms with van der Waals surface area (Å²) in [5, 5.41) is 6.87. The van der Waals surface area contributed by atoms with E-state index in [2.05, 4.69) is 10.4 Å². The largest absolute Gasteiger partial charge is 0.497 e. The fourth-order valence-electron chi connectivity index (χ4n) is 2.59. The van der Waals surface area contributed by atoms with Gasteiger partial charge in [0.1, 0.15) is 29.5 Å². The zero-order chi connectivity index (χ0) is 20.6. The second-order valence-corrected chi connectivity index (χ2v) is 5.96. The number of carbonyl (C=O) groups excluding carboxylic acids is 1. The Labute approximate surface area is 167 Å². The normalized spacial score (nSPS) is 10.3. The predicted molar refractivity (Wildman–Crippen MR) is 108 cm³/mol. The van der Waals surface area contributed by atoms with Crippen molar-refractivity contribution in [2.24, 2.45) is 0 Å². The molecule has 0 saturated carbocycles. The monoisotopic (exact) mass is 395 g/mol. The van der Waals surface area contributed by atoms with Crippen LogP contribution in [-0.2, 0) is 6.54 Å². The van der Waals surface area contributed by atoms with Crippen molar-refractivity contribution in [3.05, 3.63) is 76.7 Å². The quantitative estimate of drug-likeness (QED) is 0.630. The van der Waals surface area contributed by atoms with Crippen LogP contribution in [0.3, 0.4) is 0 Å². The number of para-hydroxylation sites is 1. The Morgan fingerprint density at radius 1 is 1.00 bits per heavy atom. The maximum atomic E-state index is 12.6. The Morgan fingerprint density at radius 3 is 2.52 bits per heavy atom. The van der Waals surface area contributed by atoms with Crippen molar-refractivity contribution in [1.29, 1.82) is 0 Å². The first-order chi connectivity index (χ1) is 14.1. The van der Waals surface area contributed by atoms with Gasteiger partial charge in [-0.2, -0.15) is 5.10 Å². The number of hydrogen-bond acceptors (Lipinski definition) is 6. The molecule has 0 aliphatic heterocycles. The molecule has 8 nitrogen and oxygen atoms in total. The number of rotatable bonds is 8. The smallest absolute Gasteiger partial charge is 0.276 e. The number of amides is 1. The summed E-state index contributed by atoms with van der Waals surface area (Å²) >= 11 is 0. The molecule has 0 atom stereocenters. The Kier molecular flexibility index (Phi) is 6.47. The summed E-state index contributed by atoms with van der Waals surface area (Å²) in [6.45, 7) is 0.447. The van der Waals surface area contributed by atoms with Gasteiger partial charge in [-0.05, 0) is 30.3 Å². The van der Waals surface area contributed by atoms with Crippen molar-refractivity contribution < 1.29 is 19.0 Å². The molecule has 0 aliphatic rings. The van der Waals surface area contributed by atoms with Crippen molar-refractivity contribution >= 4 is 11.6 Å². The second-order valence-electron chi connectivity index (χ2n) is 5.96. The zero-order valence-corrected chi connectivity index (χ0v) is 16.1. The number of benzene rings is 2. The Balaban J connectivity index is 1.71. The fourth-order valence-corrected chi connectivity index (χ4v) is 2.59. The molecule has 0 unspecified atom stereocenters. The molecule has 0 fully saturated rings. The first kappa shape index (κ1) is 19.9. The number of ether oxygens (including phenoxy) is 3. The lowest BCUT2D eigenvalue weighted by atomic mass is 10.2. The molecule has 0 radical (unpaired) electrons. The van der Waals surface area contributed by atoms with Crippen LogP contribution in [-0.4, -0.2) is 36.5 Å². The molecule has 2 aromatic carbocycles. The van der Waals surface area contributed by atoms with E-state index in [0.29, 0.717) is 22.9 Å². The van der Waals surface area contributed by atoms with Crippen LogP contribution in [0.1, 0.15) is 10.5 Å². The van der Waals surface area contributed by atoms with Gasteiger partial charge in [-0.25, -0.2) is 4.68 Å². The molecule has 8 heteroatoms. The van der Waals surface area contributed by atoms with Crippen LogP contribution in [0, 0.1) is 0 Å². The van der Waals surface area contributed by atoms with Crippen molar-refractivity contribution in [1.82, 2.24) is 9.78 Å². The lowest BCUT2D eigenvalue weighted by Crippen LogP contribution is -2.28. The van der Waals surface area contributed by atoms with Gasteiger partial charge in [0.15, 0.2) is 0 Å². The molecule has 29 heavy (non-hydrogen) atoms. The number of carbonyl (C=O) groups is 1. The van der Waals surface area contributed by atoms with Gasteiger partial charge in [-0.1, -0.05) is 18.2 Å². The third kappa shape index (κ3) is 5.13. The van der Waals surface area contributed by atoms with Crippen LogP contribution in [0.25, 0.3) is 0 Å². The highest BCUT2D eigenvalue weighted by Gasteiger charge is 2.13.